The summed E-state index contributed by atoms with van der Waals surface area (Å²) < 4.78 is 0. The fraction of sp³-hybridized carbons (Fsp3) is 0.917. The van der Waals surface area contributed by atoms with E-state index >= 15 is 0 Å². The molecule has 2 nitrogen and oxygen atoms in total. The summed E-state index contributed by atoms with van der Waals surface area (Å²) in [5.74, 6) is 1.77. The van der Waals surface area contributed by atoms with Crippen molar-refractivity contribution in [3.8, 4) is 0 Å². The molecule has 0 aromatic rings. The summed E-state index contributed by atoms with van der Waals surface area (Å²) in [6, 6.07) is 0. The van der Waals surface area contributed by atoms with Crippen LogP contribution in [0.3, 0.4) is 0 Å². The number of nitrogens with one attached hydrogen (secondary N) is 2. The molecule has 0 spiro atoms. The first-order chi connectivity index (χ1) is 7.22. The first-order valence-corrected chi connectivity index (χ1v) is 6.65. The van der Waals surface area contributed by atoms with Crippen molar-refractivity contribution in [1.29, 1.82) is 0 Å². The Labute approximate surface area is 99.2 Å². The lowest BCUT2D eigenvalue weighted by Gasteiger charge is -2.26. The molecule has 2 N–H and O–H groups in total. The third-order valence-electron chi connectivity index (χ3n) is 3.22. The first-order valence-electron chi connectivity index (χ1n) is 6.24. The summed E-state index contributed by atoms with van der Waals surface area (Å²) >= 11 is 5.19. The molecule has 1 aliphatic carbocycles. The van der Waals surface area contributed by atoms with Crippen molar-refractivity contribution < 1.29 is 0 Å². The summed E-state index contributed by atoms with van der Waals surface area (Å²) in [5, 5.41) is 7.35. The second kappa shape index (κ2) is 7.04. The minimum absolute atomic E-state index is 0.829. The summed E-state index contributed by atoms with van der Waals surface area (Å²) in [6.07, 6.45) is 6.64. The van der Waals surface area contributed by atoms with Crippen LogP contribution < -0.4 is 10.6 Å². The Morgan fingerprint density at radius 3 is 2.47 bits per heavy atom. The van der Waals surface area contributed by atoms with Crippen molar-refractivity contribution in [3.05, 3.63) is 0 Å². The zero-order chi connectivity index (χ0) is 11.1. The molecule has 15 heavy (non-hydrogen) atoms. The van der Waals surface area contributed by atoms with Crippen molar-refractivity contribution in [2.24, 2.45) is 11.8 Å². The number of rotatable bonds is 4. The van der Waals surface area contributed by atoms with Gasteiger partial charge in [0.25, 0.3) is 0 Å². The predicted octanol–water partition coefficient (Wildman–Crippen LogP) is 2.69. The Kier molecular flexibility index (Phi) is 5.99. The van der Waals surface area contributed by atoms with Gasteiger partial charge in [0, 0.05) is 13.1 Å². The molecule has 88 valence electrons. The van der Waals surface area contributed by atoms with Crippen molar-refractivity contribution in [2.45, 2.75) is 46.0 Å². The van der Waals surface area contributed by atoms with Crippen molar-refractivity contribution in [3.63, 3.8) is 0 Å². The Morgan fingerprint density at radius 1 is 1.20 bits per heavy atom. The molecular formula is C12H24N2S. The third kappa shape index (κ3) is 5.36. The molecule has 1 fully saturated rings. The van der Waals surface area contributed by atoms with Gasteiger partial charge in [-0.15, -0.1) is 0 Å². The van der Waals surface area contributed by atoms with Crippen LogP contribution in [0.2, 0.25) is 0 Å². The largest absolute Gasteiger partial charge is 0.363 e. The smallest absolute Gasteiger partial charge is 0.166 e. The fourth-order valence-electron chi connectivity index (χ4n) is 2.07. The summed E-state index contributed by atoms with van der Waals surface area (Å²) in [4.78, 5) is 0. The Bertz CT molecular complexity index is 186. The third-order valence-corrected chi connectivity index (χ3v) is 3.51. The van der Waals surface area contributed by atoms with Gasteiger partial charge in [-0.25, -0.2) is 0 Å². The van der Waals surface area contributed by atoms with Crippen LogP contribution in [0.15, 0.2) is 0 Å². The fourth-order valence-corrected chi connectivity index (χ4v) is 2.26. The van der Waals surface area contributed by atoms with Crippen LogP contribution in [0.5, 0.6) is 0 Å². The Morgan fingerprint density at radius 2 is 1.87 bits per heavy atom. The number of hydrogen-bond donors (Lipinski definition) is 2. The highest BCUT2D eigenvalue weighted by atomic mass is 32.1. The monoisotopic (exact) mass is 228 g/mol. The summed E-state index contributed by atoms with van der Waals surface area (Å²) in [7, 11) is 0. The zero-order valence-electron chi connectivity index (χ0n) is 10.0. The van der Waals surface area contributed by atoms with Gasteiger partial charge < -0.3 is 10.6 Å². The normalized spacial score (nSPS) is 26.0. The van der Waals surface area contributed by atoms with Crippen LogP contribution in [0.25, 0.3) is 0 Å². The van der Waals surface area contributed by atoms with Crippen LogP contribution in [0, 0.1) is 11.8 Å². The van der Waals surface area contributed by atoms with Gasteiger partial charge >= 0.3 is 0 Å². The maximum absolute atomic E-state index is 5.19. The van der Waals surface area contributed by atoms with Crippen LogP contribution in [0.4, 0.5) is 0 Å². The van der Waals surface area contributed by atoms with E-state index in [1.54, 1.807) is 0 Å². The van der Waals surface area contributed by atoms with Gasteiger partial charge in [-0.1, -0.05) is 26.7 Å². The zero-order valence-corrected chi connectivity index (χ0v) is 10.8. The quantitative estimate of drug-likeness (QED) is 0.724. The standard InChI is InChI=1S/C12H24N2S/c1-3-8-13-12(15)14-9-11-6-4-10(2)5-7-11/h10-11H,3-9H2,1-2H3,(H2,13,14,15). The highest BCUT2D eigenvalue weighted by molar-refractivity contribution is 7.80. The lowest BCUT2D eigenvalue weighted by molar-refractivity contribution is 0.290. The van der Waals surface area contributed by atoms with Crippen molar-refractivity contribution in [2.75, 3.05) is 13.1 Å². The minimum Gasteiger partial charge on any atom is -0.363 e. The molecule has 1 aliphatic rings. The molecular weight excluding hydrogens is 204 g/mol. The molecule has 3 heteroatoms. The van der Waals surface area contributed by atoms with E-state index in [1.807, 2.05) is 0 Å². The predicted molar refractivity (Wildman–Crippen MR) is 70.0 cm³/mol. The van der Waals surface area contributed by atoms with E-state index in [0.29, 0.717) is 0 Å². The Balaban J connectivity index is 2.06. The maximum atomic E-state index is 5.19. The highest BCUT2D eigenvalue weighted by Crippen LogP contribution is 2.27. The molecule has 0 radical (unpaired) electrons. The lowest BCUT2D eigenvalue weighted by Crippen LogP contribution is -2.38. The van der Waals surface area contributed by atoms with E-state index in [2.05, 4.69) is 24.5 Å². The number of hydrogen-bond acceptors (Lipinski definition) is 1. The van der Waals surface area contributed by atoms with E-state index in [1.165, 1.54) is 25.7 Å². The van der Waals surface area contributed by atoms with E-state index < -0.39 is 0 Å². The SMILES string of the molecule is CCCNC(=S)NCC1CCC(C)CC1. The van der Waals surface area contributed by atoms with Crippen LogP contribution >= 0.6 is 12.2 Å². The summed E-state index contributed by atoms with van der Waals surface area (Å²) in [6.45, 7) is 6.55. The molecule has 0 atom stereocenters. The van der Waals surface area contributed by atoms with Gasteiger partial charge in [-0.05, 0) is 43.3 Å². The van der Waals surface area contributed by atoms with E-state index in [4.69, 9.17) is 12.2 Å². The first kappa shape index (κ1) is 12.8. The molecule has 0 aromatic heterocycles. The Hall–Kier alpha value is -0.310. The molecule has 0 unspecified atom stereocenters. The minimum atomic E-state index is 0.829. The number of thiocarbonyl (C=S) groups is 1. The molecule has 0 aliphatic heterocycles. The van der Waals surface area contributed by atoms with Crippen LogP contribution in [0.1, 0.15) is 46.0 Å². The van der Waals surface area contributed by atoms with Crippen molar-refractivity contribution >= 4 is 17.3 Å². The average Bonchev–Trinajstić information content (AvgIpc) is 2.25. The summed E-state index contributed by atoms with van der Waals surface area (Å²) in [5.41, 5.74) is 0. The molecule has 0 saturated heterocycles. The molecule has 0 heterocycles. The van der Waals surface area contributed by atoms with Gasteiger partial charge in [0.05, 0.1) is 0 Å². The van der Waals surface area contributed by atoms with Crippen LogP contribution in [-0.4, -0.2) is 18.2 Å². The van der Waals surface area contributed by atoms with Gasteiger partial charge in [-0.3, -0.25) is 0 Å². The highest BCUT2D eigenvalue weighted by Gasteiger charge is 2.17. The van der Waals surface area contributed by atoms with Gasteiger partial charge in [0.15, 0.2) is 5.11 Å². The molecule has 0 bridgehead atoms. The van der Waals surface area contributed by atoms with E-state index in [0.717, 1.165) is 36.5 Å². The molecule has 1 saturated carbocycles. The van der Waals surface area contributed by atoms with E-state index in [-0.39, 0.29) is 0 Å². The molecule has 0 aromatic carbocycles. The topological polar surface area (TPSA) is 24.1 Å². The average molecular weight is 228 g/mol. The van der Waals surface area contributed by atoms with Gasteiger partial charge in [0.2, 0.25) is 0 Å². The second-order valence-corrected chi connectivity index (χ2v) is 5.17. The lowest BCUT2D eigenvalue weighted by atomic mass is 9.83. The molecule has 1 rings (SSSR count). The van der Waals surface area contributed by atoms with Gasteiger partial charge in [-0.2, -0.15) is 0 Å². The van der Waals surface area contributed by atoms with Crippen molar-refractivity contribution in [1.82, 2.24) is 10.6 Å². The van der Waals surface area contributed by atoms with Gasteiger partial charge in [0.1, 0.15) is 0 Å². The van der Waals surface area contributed by atoms with Crippen LogP contribution in [-0.2, 0) is 0 Å². The molecule has 0 amide bonds. The second-order valence-electron chi connectivity index (χ2n) is 4.76. The van der Waals surface area contributed by atoms with E-state index in [9.17, 15) is 0 Å². The maximum Gasteiger partial charge on any atom is 0.166 e.